The highest BCUT2D eigenvalue weighted by Crippen LogP contribution is 2.34. The lowest BCUT2D eigenvalue weighted by Gasteiger charge is -2.19. The highest BCUT2D eigenvalue weighted by molar-refractivity contribution is 5.66. The van der Waals surface area contributed by atoms with Gasteiger partial charge in [0, 0.05) is 17.3 Å². The van der Waals surface area contributed by atoms with Crippen molar-refractivity contribution in [3.05, 3.63) is 72.2 Å². The number of nitrogen functional groups attached to an aromatic ring is 1. The summed E-state index contributed by atoms with van der Waals surface area (Å²) < 4.78 is 25.0. The fraction of sp³-hybridized carbons (Fsp3) is 0.150. The predicted octanol–water partition coefficient (Wildman–Crippen LogP) is 4.42. The molecule has 0 saturated carbocycles. The number of ether oxygens (including phenoxy) is 2. The molecule has 3 rings (SSSR count). The van der Waals surface area contributed by atoms with Crippen LogP contribution >= 0.6 is 0 Å². The number of nitrogens with zero attached hydrogens (tertiary/aromatic N) is 1. The Kier molecular flexibility index (Phi) is 4.84. The van der Waals surface area contributed by atoms with Crippen LogP contribution in [0.15, 0.2) is 54.7 Å². The zero-order valence-electron chi connectivity index (χ0n) is 14.0. The molecule has 1 atom stereocenters. The molecule has 3 aromatic rings. The van der Waals surface area contributed by atoms with Gasteiger partial charge in [-0.05, 0) is 30.7 Å². The van der Waals surface area contributed by atoms with Gasteiger partial charge < -0.3 is 15.2 Å². The zero-order chi connectivity index (χ0) is 17.8. The molecule has 1 unspecified atom stereocenters. The molecule has 0 fully saturated rings. The Balaban J connectivity index is 1.92. The number of rotatable bonds is 5. The molecular formula is C20H18FN2O2. The molecule has 1 aromatic heterocycles. The molecule has 127 valence electrons. The van der Waals surface area contributed by atoms with Crippen LogP contribution in [0.3, 0.4) is 0 Å². The summed E-state index contributed by atoms with van der Waals surface area (Å²) in [6, 6.07) is 17.0. The Morgan fingerprint density at radius 1 is 1.16 bits per heavy atom. The fourth-order valence-corrected chi connectivity index (χ4v) is 2.60. The van der Waals surface area contributed by atoms with E-state index in [1.54, 1.807) is 25.3 Å². The summed E-state index contributed by atoms with van der Waals surface area (Å²) in [4.78, 5) is 4.20. The van der Waals surface area contributed by atoms with Gasteiger partial charge in [-0.25, -0.2) is 9.37 Å². The van der Waals surface area contributed by atoms with Crippen molar-refractivity contribution in [1.82, 2.24) is 4.98 Å². The largest absolute Gasteiger partial charge is 0.493 e. The molecule has 0 saturated heterocycles. The van der Waals surface area contributed by atoms with Crippen LogP contribution in [-0.2, 0) is 0 Å². The van der Waals surface area contributed by atoms with Crippen molar-refractivity contribution < 1.29 is 13.9 Å². The summed E-state index contributed by atoms with van der Waals surface area (Å²) in [6.07, 6.45) is 1.22. The first-order valence-corrected chi connectivity index (χ1v) is 7.81. The van der Waals surface area contributed by atoms with Gasteiger partial charge in [-0.15, -0.1) is 0 Å². The molecule has 0 bridgehead atoms. The number of pyridine rings is 1. The van der Waals surface area contributed by atoms with Gasteiger partial charge in [-0.2, -0.15) is 0 Å². The van der Waals surface area contributed by atoms with Crippen LogP contribution in [0, 0.1) is 11.9 Å². The average molecular weight is 337 g/mol. The quantitative estimate of drug-likeness (QED) is 0.749. The Hall–Kier alpha value is -3.08. The summed E-state index contributed by atoms with van der Waals surface area (Å²) in [5.41, 5.74) is 8.40. The molecule has 0 aliphatic rings. The second kappa shape index (κ2) is 7.21. The van der Waals surface area contributed by atoms with E-state index in [4.69, 9.17) is 15.2 Å². The number of hydrogen-bond acceptors (Lipinski definition) is 4. The van der Waals surface area contributed by atoms with Crippen LogP contribution in [0.2, 0.25) is 0 Å². The Morgan fingerprint density at radius 3 is 2.64 bits per heavy atom. The molecule has 25 heavy (non-hydrogen) atoms. The Labute approximate surface area is 146 Å². The van der Waals surface area contributed by atoms with E-state index in [1.807, 2.05) is 30.3 Å². The standard InChI is InChI=1S/C20H18FN2O2/c1-13(16-9-6-10-17(21)19(16)24-2)25-18-11-15(12-23-20(18)22)14-7-4-3-5-8-14/h4-13H,1-2H3,(H2,22,23). The molecular weight excluding hydrogens is 319 g/mol. The number of methoxy groups -OCH3 is 1. The molecule has 0 amide bonds. The third-order valence-electron chi connectivity index (χ3n) is 3.88. The molecule has 0 aliphatic carbocycles. The minimum absolute atomic E-state index is 0.163. The van der Waals surface area contributed by atoms with Crippen LogP contribution in [0.25, 0.3) is 11.1 Å². The minimum atomic E-state index is -0.464. The van der Waals surface area contributed by atoms with Gasteiger partial charge >= 0.3 is 0 Å². The van der Waals surface area contributed by atoms with Crippen LogP contribution in [0.5, 0.6) is 11.5 Å². The van der Waals surface area contributed by atoms with Gasteiger partial charge in [0.05, 0.1) is 7.11 Å². The molecule has 2 N–H and O–H groups in total. The summed E-state index contributed by atoms with van der Waals surface area (Å²) >= 11 is 0. The Bertz CT molecular complexity index is 869. The number of halogens is 1. The van der Waals surface area contributed by atoms with Crippen LogP contribution < -0.4 is 15.2 Å². The molecule has 4 nitrogen and oxygen atoms in total. The lowest BCUT2D eigenvalue weighted by molar-refractivity contribution is 0.220. The maximum absolute atomic E-state index is 13.9. The second-order valence-electron chi connectivity index (χ2n) is 5.52. The van der Waals surface area contributed by atoms with Crippen LogP contribution in [0.4, 0.5) is 10.2 Å². The third-order valence-corrected chi connectivity index (χ3v) is 3.88. The second-order valence-corrected chi connectivity index (χ2v) is 5.52. The summed E-state index contributed by atoms with van der Waals surface area (Å²) in [7, 11) is 1.43. The van der Waals surface area contributed by atoms with Gasteiger partial charge in [-0.3, -0.25) is 0 Å². The predicted molar refractivity (Wildman–Crippen MR) is 94.9 cm³/mol. The van der Waals surface area contributed by atoms with Crippen molar-refractivity contribution in [3.63, 3.8) is 0 Å². The number of anilines is 1. The van der Waals surface area contributed by atoms with Crippen molar-refractivity contribution in [2.45, 2.75) is 13.0 Å². The minimum Gasteiger partial charge on any atom is -0.493 e. The average Bonchev–Trinajstić information content (AvgIpc) is 2.64. The fourth-order valence-electron chi connectivity index (χ4n) is 2.60. The molecule has 0 aliphatic heterocycles. The van der Waals surface area contributed by atoms with Gasteiger partial charge in [0.1, 0.15) is 6.10 Å². The van der Waals surface area contributed by atoms with Gasteiger partial charge in [0.25, 0.3) is 0 Å². The van der Waals surface area contributed by atoms with Crippen molar-refractivity contribution >= 4 is 5.82 Å². The number of nitrogens with two attached hydrogens (primary N) is 1. The molecule has 0 spiro atoms. The first-order chi connectivity index (χ1) is 12.1. The number of para-hydroxylation sites is 1. The van der Waals surface area contributed by atoms with Crippen molar-refractivity contribution in [1.29, 1.82) is 0 Å². The highest BCUT2D eigenvalue weighted by Gasteiger charge is 2.18. The topological polar surface area (TPSA) is 57.4 Å². The number of benzene rings is 2. The first kappa shape index (κ1) is 16.8. The smallest absolute Gasteiger partial charge is 0.166 e. The van der Waals surface area contributed by atoms with E-state index in [-0.39, 0.29) is 11.6 Å². The molecule has 1 radical (unpaired) electrons. The van der Waals surface area contributed by atoms with Gasteiger partial charge in [0.2, 0.25) is 0 Å². The lowest BCUT2D eigenvalue weighted by atomic mass is 10.1. The van der Waals surface area contributed by atoms with E-state index in [0.29, 0.717) is 11.3 Å². The zero-order valence-corrected chi connectivity index (χ0v) is 14.0. The van der Waals surface area contributed by atoms with Gasteiger partial charge in [0.15, 0.2) is 23.1 Å². The van der Waals surface area contributed by atoms with E-state index in [0.717, 1.165) is 11.1 Å². The normalized spacial score (nSPS) is 11.8. The maximum atomic E-state index is 13.9. The van der Waals surface area contributed by atoms with E-state index in [2.05, 4.69) is 11.1 Å². The van der Waals surface area contributed by atoms with Crippen molar-refractivity contribution in [2.75, 3.05) is 12.8 Å². The number of hydrogen-bond donors (Lipinski definition) is 1. The van der Waals surface area contributed by atoms with Crippen LogP contribution in [-0.4, -0.2) is 12.1 Å². The highest BCUT2D eigenvalue weighted by atomic mass is 19.1. The third kappa shape index (κ3) is 3.55. The van der Waals surface area contributed by atoms with Gasteiger partial charge in [-0.1, -0.05) is 36.4 Å². The van der Waals surface area contributed by atoms with E-state index >= 15 is 0 Å². The monoisotopic (exact) mass is 337 g/mol. The van der Waals surface area contributed by atoms with E-state index < -0.39 is 11.9 Å². The molecule has 1 heterocycles. The first-order valence-electron chi connectivity index (χ1n) is 7.81. The molecule has 5 heteroatoms. The van der Waals surface area contributed by atoms with Crippen molar-refractivity contribution in [2.24, 2.45) is 0 Å². The summed E-state index contributed by atoms with van der Waals surface area (Å²) in [6.45, 7) is 1.81. The van der Waals surface area contributed by atoms with E-state index in [1.165, 1.54) is 13.2 Å². The molecule has 2 aromatic carbocycles. The summed E-state index contributed by atoms with van der Waals surface area (Å²) in [5, 5.41) is 0. The summed E-state index contributed by atoms with van der Waals surface area (Å²) in [5.74, 6) is 0.435. The number of aromatic nitrogens is 1. The maximum Gasteiger partial charge on any atom is 0.166 e. The van der Waals surface area contributed by atoms with Crippen molar-refractivity contribution in [3.8, 4) is 22.6 Å². The Morgan fingerprint density at radius 2 is 1.92 bits per heavy atom. The van der Waals surface area contributed by atoms with E-state index in [9.17, 15) is 4.39 Å². The lowest BCUT2D eigenvalue weighted by Crippen LogP contribution is -2.08. The van der Waals surface area contributed by atoms with Crippen LogP contribution in [0.1, 0.15) is 18.6 Å². The SMILES string of the molecule is COc1c(F)cccc1C(C)Oc1cc(-c2cc[c]cc2)cnc1N.